The molecule has 1 N–H and O–H groups in total. The van der Waals surface area contributed by atoms with Crippen molar-refractivity contribution in [3.8, 4) is 0 Å². The molecule has 2 saturated heterocycles. The first-order chi connectivity index (χ1) is 14.4. The minimum Gasteiger partial charge on any atom is -0.339 e. The van der Waals surface area contributed by atoms with Crippen molar-refractivity contribution in [3.63, 3.8) is 0 Å². The number of carbonyl (C=O) groups is 3. The van der Waals surface area contributed by atoms with Crippen LogP contribution in [0.4, 0.5) is 11.4 Å². The molecule has 6 nitrogen and oxygen atoms in total. The topological polar surface area (TPSA) is 69.7 Å². The van der Waals surface area contributed by atoms with E-state index in [1.807, 2.05) is 36.9 Å². The summed E-state index contributed by atoms with van der Waals surface area (Å²) in [5.41, 5.74) is 4.32. The summed E-state index contributed by atoms with van der Waals surface area (Å²) in [4.78, 5) is 41.3. The van der Waals surface area contributed by atoms with E-state index in [1.165, 1.54) is 0 Å². The summed E-state index contributed by atoms with van der Waals surface area (Å²) >= 11 is 0. The second-order valence-corrected chi connectivity index (χ2v) is 8.19. The fourth-order valence-electron chi connectivity index (χ4n) is 4.19. The molecule has 0 radical (unpaired) electrons. The molecular formula is C24H27N3O3. The quantitative estimate of drug-likeness (QED) is 0.846. The Morgan fingerprint density at radius 2 is 1.70 bits per heavy atom. The highest BCUT2D eigenvalue weighted by Gasteiger charge is 2.35. The number of nitrogens with one attached hydrogen (secondary N) is 1. The number of nitrogens with zero attached hydrogens (tertiary/aromatic N) is 2. The number of rotatable bonds is 4. The summed E-state index contributed by atoms with van der Waals surface area (Å²) < 4.78 is 0. The second kappa shape index (κ2) is 8.30. The largest absolute Gasteiger partial charge is 0.339 e. The third kappa shape index (κ3) is 3.95. The van der Waals surface area contributed by atoms with Crippen molar-refractivity contribution in [1.82, 2.24) is 4.90 Å². The van der Waals surface area contributed by atoms with E-state index in [-0.39, 0.29) is 24.1 Å². The highest BCUT2D eigenvalue weighted by molar-refractivity contribution is 6.04. The summed E-state index contributed by atoms with van der Waals surface area (Å²) in [6, 6.07) is 12.9. The number of aryl methyl sites for hydroxylation is 1. The Kier molecular flexibility index (Phi) is 5.57. The molecular weight excluding hydrogens is 378 g/mol. The van der Waals surface area contributed by atoms with Crippen molar-refractivity contribution in [2.24, 2.45) is 5.92 Å². The van der Waals surface area contributed by atoms with Crippen molar-refractivity contribution in [3.05, 3.63) is 59.2 Å². The fraction of sp³-hybridized carbons (Fsp3) is 0.375. The highest BCUT2D eigenvalue weighted by atomic mass is 16.2. The molecule has 6 heteroatoms. The number of amides is 3. The maximum absolute atomic E-state index is 12.8. The average Bonchev–Trinajstić information content (AvgIpc) is 3.40. The third-order valence-corrected chi connectivity index (χ3v) is 6.16. The van der Waals surface area contributed by atoms with Crippen LogP contribution in [0.1, 0.15) is 40.7 Å². The maximum Gasteiger partial charge on any atom is 0.253 e. The van der Waals surface area contributed by atoms with Gasteiger partial charge in [-0.25, -0.2) is 0 Å². The Morgan fingerprint density at radius 1 is 1.00 bits per heavy atom. The van der Waals surface area contributed by atoms with Gasteiger partial charge in [-0.2, -0.15) is 0 Å². The molecule has 2 heterocycles. The zero-order valence-corrected chi connectivity index (χ0v) is 17.5. The van der Waals surface area contributed by atoms with Crippen molar-refractivity contribution in [2.45, 2.75) is 33.1 Å². The lowest BCUT2D eigenvalue weighted by Crippen LogP contribution is -2.29. The number of carbonyl (C=O) groups excluding carboxylic acids is 3. The monoisotopic (exact) mass is 405 g/mol. The van der Waals surface area contributed by atoms with E-state index in [0.29, 0.717) is 17.8 Å². The van der Waals surface area contributed by atoms with E-state index in [4.69, 9.17) is 0 Å². The number of hydrogen-bond donors (Lipinski definition) is 1. The van der Waals surface area contributed by atoms with Gasteiger partial charge in [-0.15, -0.1) is 0 Å². The van der Waals surface area contributed by atoms with E-state index < -0.39 is 5.92 Å². The molecule has 2 aromatic rings. The molecule has 0 bridgehead atoms. The molecule has 0 spiro atoms. The van der Waals surface area contributed by atoms with Crippen molar-refractivity contribution >= 4 is 29.1 Å². The van der Waals surface area contributed by atoms with E-state index in [1.54, 1.807) is 29.2 Å². The lowest BCUT2D eigenvalue weighted by Gasteiger charge is -2.20. The molecule has 156 valence electrons. The zero-order chi connectivity index (χ0) is 21.3. The fourth-order valence-corrected chi connectivity index (χ4v) is 4.19. The summed E-state index contributed by atoms with van der Waals surface area (Å²) in [6.07, 6.45) is 2.31. The van der Waals surface area contributed by atoms with E-state index >= 15 is 0 Å². The Balaban J connectivity index is 1.40. The Hall–Kier alpha value is -3.15. The van der Waals surface area contributed by atoms with Gasteiger partial charge in [-0.05, 0) is 68.1 Å². The molecule has 2 fully saturated rings. The third-order valence-electron chi connectivity index (χ3n) is 6.16. The molecule has 1 atom stereocenters. The van der Waals surface area contributed by atoms with Gasteiger partial charge in [0.15, 0.2) is 0 Å². The van der Waals surface area contributed by atoms with Gasteiger partial charge in [0, 0.05) is 43.0 Å². The van der Waals surface area contributed by atoms with E-state index in [2.05, 4.69) is 5.32 Å². The molecule has 2 aromatic carbocycles. The summed E-state index contributed by atoms with van der Waals surface area (Å²) in [5.74, 6) is -0.565. The lowest BCUT2D eigenvalue weighted by molar-refractivity contribution is -0.122. The Morgan fingerprint density at radius 3 is 2.40 bits per heavy atom. The molecule has 1 unspecified atom stereocenters. The van der Waals surface area contributed by atoms with E-state index in [9.17, 15) is 14.4 Å². The predicted molar refractivity (Wildman–Crippen MR) is 117 cm³/mol. The maximum atomic E-state index is 12.8. The molecule has 0 aromatic heterocycles. The first-order valence-electron chi connectivity index (χ1n) is 10.5. The van der Waals surface area contributed by atoms with Crippen LogP contribution in [0, 0.1) is 19.8 Å². The van der Waals surface area contributed by atoms with Crippen LogP contribution in [-0.4, -0.2) is 42.3 Å². The smallest absolute Gasteiger partial charge is 0.253 e. The predicted octanol–water partition coefficient (Wildman–Crippen LogP) is 3.53. The van der Waals surface area contributed by atoms with Crippen LogP contribution in [0.5, 0.6) is 0 Å². The Labute approximate surface area is 176 Å². The van der Waals surface area contributed by atoms with Gasteiger partial charge in [0.25, 0.3) is 5.91 Å². The van der Waals surface area contributed by atoms with E-state index in [0.717, 1.165) is 42.7 Å². The molecule has 0 aliphatic carbocycles. The van der Waals surface area contributed by atoms with Crippen LogP contribution in [-0.2, 0) is 9.59 Å². The molecule has 2 aliphatic heterocycles. The second-order valence-electron chi connectivity index (χ2n) is 8.19. The minimum atomic E-state index is -0.400. The lowest BCUT2D eigenvalue weighted by atomic mass is 10.1. The average molecular weight is 405 g/mol. The van der Waals surface area contributed by atoms with Crippen LogP contribution in [0.25, 0.3) is 0 Å². The minimum absolute atomic E-state index is 0.0320. The van der Waals surface area contributed by atoms with Gasteiger partial charge in [0.2, 0.25) is 11.8 Å². The van der Waals surface area contributed by atoms with Gasteiger partial charge in [0.1, 0.15) is 0 Å². The van der Waals surface area contributed by atoms with Crippen LogP contribution in [0.2, 0.25) is 0 Å². The SMILES string of the molecule is Cc1cccc(N2CC(C(=O)Nc3ccc(C(=O)N4CCCC4)cc3)CC2=O)c1C. The van der Waals surface area contributed by atoms with Crippen LogP contribution < -0.4 is 10.2 Å². The highest BCUT2D eigenvalue weighted by Crippen LogP contribution is 2.30. The van der Waals surface area contributed by atoms with Crippen LogP contribution >= 0.6 is 0 Å². The Bertz CT molecular complexity index is 978. The molecule has 2 aliphatic rings. The van der Waals surface area contributed by atoms with Crippen LogP contribution in [0.15, 0.2) is 42.5 Å². The number of hydrogen-bond acceptors (Lipinski definition) is 3. The summed E-state index contributed by atoms with van der Waals surface area (Å²) in [5, 5.41) is 2.90. The number of anilines is 2. The van der Waals surface area contributed by atoms with Gasteiger partial charge in [0.05, 0.1) is 5.92 Å². The van der Waals surface area contributed by atoms with Gasteiger partial charge < -0.3 is 15.1 Å². The number of benzene rings is 2. The van der Waals surface area contributed by atoms with Crippen molar-refractivity contribution in [2.75, 3.05) is 29.9 Å². The molecule has 30 heavy (non-hydrogen) atoms. The number of likely N-dealkylation sites (tertiary alicyclic amines) is 1. The van der Waals surface area contributed by atoms with Gasteiger partial charge in [-0.1, -0.05) is 12.1 Å². The van der Waals surface area contributed by atoms with Gasteiger partial charge in [-0.3, -0.25) is 14.4 Å². The van der Waals surface area contributed by atoms with Crippen molar-refractivity contribution < 1.29 is 14.4 Å². The standard InChI is InChI=1S/C24H27N3O3/c1-16-6-5-7-21(17(16)2)27-15-19(14-22(27)28)23(29)25-20-10-8-18(9-11-20)24(30)26-12-3-4-13-26/h5-11,19H,3-4,12-15H2,1-2H3,(H,25,29). The summed E-state index contributed by atoms with van der Waals surface area (Å²) in [7, 11) is 0. The molecule has 4 rings (SSSR count). The molecule has 3 amide bonds. The van der Waals surface area contributed by atoms with Crippen molar-refractivity contribution in [1.29, 1.82) is 0 Å². The first-order valence-corrected chi connectivity index (χ1v) is 10.5. The van der Waals surface area contributed by atoms with Gasteiger partial charge >= 0.3 is 0 Å². The van der Waals surface area contributed by atoms with Crippen LogP contribution in [0.3, 0.4) is 0 Å². The normalized spacial score (nSPS) is 18.7. The molecule has 0 saturated carbocycles. The summed E-state index contributed by atoms with van der Waals surface area (Å²) in [6.45, 7) is 6.01. The first kappa shape index (κ1) is 20.1. The zero-order valence-electron chi connectivity index (χ0n) is 17.5.